The Morgan fingerprint density at radius 1 is 1.03 bits per heavy atom. The summed E-state index contributed by atoms with van der Waals surface area (Å²) >= 11 is 0. The minimum Gasteiger partial charge on any atom is -0.368 e. The molecule has 1 unspecified atom stereocenters. The zero-order valence-electron chi connectivity index (χ0n) is 18.4. The fraction of sp³-hybridized carbons (Fsp3) is 0.417. The van der Waals surface area contributed by atoms with Crippen molar-refractivity contribution < 1.29 is 9.59 Å². The monoisotopic (exact) mass is 478 g/mol. The quantitative estimate of drug-likeness (QED) is 0.688. The minimum atomic E-state index is -0.0794. The molecule has 6 nitrogen and oxygen atoms in total. The van der Waals surface area contributed by atoms with Crippen LogP contribution < -0.4 is 15.5 Å². The van der Waals surface area contributed by atoms with Crippen molar-refractivity contribution in [2.75, 3.05) is 49.5 Å². The van der Waals surface area contributed by atoms with E-state index >= 15 is 0 Å². The Labute approximate surface area is 202 Å². The van der Waals surface area contributed by atoms with Crippen LogP contribution in [-0.4, -0.2) is 56.0 Å². The van der Waals surface area contributed by atoms with E-state index in [1.165, 1.54) is 12.0 Å². The fourth-order valence-corrected chi connectivity index (χ4v) is 4.30. The maximum atomic E-state index is 12.7. The van der Waals surface area contributed by atoms with Crippen LogP contribution in [0.25, 0.3) is 0 Å². The number of benzene rings is 2. The molecule has 2 heterocycles. The maximum Gasteiger partial charge on any atom is 0.255 e. The first kappa shape index (κ1) is 26.0. The zero-order valence-corrected chi connectivity index (χ0v) is 20.0. The van der Waals surface area contributed by atoms with E-state index in [2.05, 4.69) is 21.6 Å². The number of nitrogens with one attached hydrogen (secondary N) is 2. The average Bonchev–Trinajstić information content (AvgIpc) is 3.27. The highest BCUT2D eigenvalue weighted by molar-refractivity contribution is 6.04. The number of amides is 2. The van der Waals surface area contributed by atoms with Crippen LogP contribution >= 0.6 is 24.8 Å². The summed E-state index contributed by atoms with van der Waals surface area (Å²) < 4.78 is 0. The second-order valence-electron chi connectivity index (χ2n) is 8.26. The summed E-state index contributed by atoms with van der Waals surface area (Å²) in [4.78, 5) is 28.3. The number of hydrogen-bond acceptors (Lipinski definition) is 4. The van der Waals surface area contributed by atoms with Gasteiger partial charge in [0.05, 0.1) is 0 Å². The van der Waals surface area contributed by atoms with Crippen LogP contribution in [0.5, 0.6) is 0 Å². The normalized spacial score (nSPS) is 17.8. The molecule has 8 heteroatoms. The van der Waals surface area contributed by atoms with Crippen LogP contribution in [0.4, 0.5) is 11.4 Å². The van der Waals surface area contributed by atoms with E-state index in [1.54, 1.807) is 6.92 Å². The van der Waals surface area contributed by atoms with E-state index in [9.17, 15) is 9.59 Å². The molecule has 0 aromatic heterocycles. The lowest BCUT2D eigenvalue weighted by Crippen LogP contribution is -2.48. The molecule has 2 fully saturated rings. The summed E-state index contributed by atoms with van der Waals surface area (Å²) in [6.45, 7) is 6.93. The first-order chi connectivity index (χ1) is 14.6. The SMILES string of the molecule is CC(=O)N1CCN(c2ccc(NC(=O)c3cccc(CC4CCNC4)c3)cc2)CC1.Cl.Cl. The number of piperazine rings is 1. The van der Waals surface area contributed by atoms with Gasteiger partial charge in [-0.2, -0.15) is 0 Å². The Hall–Kier alpha value is -2.28. The minimum absolute atomic E-state index is 0. The molecule has 2 aliphatic rings. The second-order valence-corrected chi connectivity index (χ2v) is 8.26. The lowest BCUT2D eigenvalue weighted by Gasteiger charge is -2.35. The predicted octanol–water partition coefficient (Wildman–Crippen LogP) is 3.60. The summed E-state index contributed by atoms with van der Waals surface area (Å²) in [6, 6.07) is 15.9. The Balaban J connectivity index is 0.00000181. The third kappa shape index (κ3) is 6.61. The molecule has 2 aromatic rings. The number of halogens is 2. The number of hydrogen-bond donors (Lipinski definition) is 2. The van der Waals surface area contributed by atoms with Gasteiger partial charge in [-0.15, -0.1) is 24.8 Å². The Kier molecular flexibility index (Phi) is 9.82. The smallest absolute Gasteiger partial charge is 0.255 e. The Bertz CT molecular complexity index is 893. The molecule has 2 saturated heterocycles. The molecule has 0 radical (unpaired) electrons. The van der Waals surface area contributed by atoms with Crippen molar-refractivity contribution in [2.45, 2.75) is 19.8 Å². The third-order valence-electron chi connectivity index (χ3n) is 6.09. The van der Waals surface area contributed by atoms with Crippen molar-refractivity contribution >= 4 is 48.0 Å². The van der Waals surface area contributed by atoms with Gasteiger partial charge in [0.25, 0.3) is 5.91 Å². The standard InChI is InChI=1S/C24H30N4O2.2ClH/c1-18(29)27-11-13-28(14-12-27)23-7-5-22(6-8-23)26-24(30)21-4-2-3-19(16-21)15-20-9-10-25-17-20;;/h2-8,16,20,25H,9-15,17H2,1H3,(H,26,30);2*1H. The van der Waals surface area contributed by atoms with Crippen molar-refractivity contribution in [3.8, 4) is 0 Å². The topological polar surface area (TPSA) is 64.7 Å². The van der Waals surface area contributed by atoms with Crippen LogP contribution in [0.2, 0.25) is 0 Å². The highest BCUT2D eigenvalue weighted by atomic mass is 35.5. The van der Waals surface area contributed by atoms with Crippen molar-refractivity contribution in [1.82, 2.24) is 10.2 Å². The summed E-state index contributed by atoms with van der Waals surface area (Å²) in [6.07, 6.45) is 2.21. The first-order valence-electron chi connectivity index (χ1n) is 10.8. The van der Waals surface area contributed by atoms with Gasteiger partial charge < -0.3 is 20.4 Å². The highest BCUT2D eigenvalue weighted by Gasteiger charge is 2.19. The van der Waals surface area contributed by atoms with Crippen LogP contribution in [-0.2, 0) is 11.2 Å². The van der Waals surface area contributed by atoms with E-state index in [1.807, 2.05) is 47.4 Å². The van der Waals surface area contributed by atoms with E-state index in [4.69, 9.17) is 0 Å². The van der Waals surface area contributed by atoms with Gasteiger partial charge in [0.1, 0.15) is 0 Å². The fourth-order valence-electron chi connectivity index (χ4n) is 4.30. The molecule has 0 spiro atoms. The van der Waals surface area contributed by atoms with Gasteiger partial charge in [-0.1, -0.05) is 12.1 Å². The number of carbonyl (C=O) groups excluding carboxylic acids is 2. The second kappa shape index (κ2) is 12.1. The molecule has 2 amide bonds. The van der Waals surface area contributed by atoms with Crippen molar-refractivity contribution in [2.24, 2.45) is 5.92 Å². The summed E-state index contributed by atoms with van der Waals surface area (Å²) in [7, 11) is 0. The number of nitrogens with zero attached hydrogens (tertiary/aromatic N) is 2. The van der Waals surface area contributed by atoms with E-state index in [0.29, 0.717) is 11.5 Å². The van der Waals surface area contributed by atoms with Gasteiger partial charge in [-0.3, -0.25) is 9.59 Å². The van der Waals surface area contributed by atoms with Crippen molar-refractivity contribution in [1.29, 1.82) is 0 Å². The molecule has 174 valence electrons. The molecule has 0 bridgehead atoms. The molecule has 4 rings (SSSR count). The number of carbonyl (C=O) groups is 2. The maximum absolute atomic E-state index is 12.7. The molecule has 2 N–H and O–H groups in total. The molecule has 0 saturated carbocycles. The lowest BCUT2D eigenvalue weighted by atomic mass is 9.97. The molecule has 2 aliphatic heterocycles. The molecule has 1 atom stereocenters. The molecular weight excluding hydrogens is 447 g/mol. The number of rotatable bonds is 5. The summed E-state index contributed by atoms with van der Waals surface area (Å²) in [5.74, 6) is 0.717. The van der Waals surface area contributed by atoms with E-state index < -0.39 is 0 Å². The van der Waals surface area contributed by atoms with Crippen molar-refractivity contribution in [3.63, 3.8) is 0 Å². The predicted molar refractivity (Wildman–Crippen MR) is 134 cm³/mol. The van der Waals surface area contributed by atoms with Gasteiger partial charge in [0.15, 0.2) is 0 Å². The summed E-state index contributed by atoms with van der Waals surface area (Å²) in [5.41, 5.74) is 3.82. The Morgan fingerprint density at radius 2 is 1.75 bits per heavy atom. The molecule has 32 heavy (non-hydrogen) atoms. The van der Waals surface area contributed by atoms with E-state index in [-0.39, 0.29) is 36.6 Å². The van der Waals surface area contributed by atoms with Gasteiger partial charge in [0.2, 0.25) is 5.91 Å². The highest BCUT2D eigenvalue weighted by Crippen LogP contribution is 2.21. The number of anilines is 2. The molecular formula is C24H32Cl2N4O2. The first-order valence-corrected chi connectivity index (χ1v) is 10.8. The lowest BCUT2D eigenvalue weighted by molar-refractivity contribution is -0.129. The van der Waals surface area contributed by atoms with E-state index in [0.717, 1.165) is 57.1 Å². The average molecular weight is 479 g/mol. The van der Waals surface area contributed by atoms with Crippen LogP contribution in [0.1, 0.15) is 29.3 Å². The van der Waals surface area contributed by atoms with Gasteiger partial charge in [-0.05, 0) is 73.8 Å². The van der Waals surface area contributed by atoms with Crippen LogP contribution in [0.3, 0.4) is 0 Å². The molecule has 0 aliphatic carbocycles. The summed E-state index contributed by atoms with van der Waals surface area (Å²) in [5, 5.41) is 6.41. The third-order valence-corrected chi connectivity index (χ3v) is 6.09. The Morgan fingerprint density at radius 3 is 2.38 bits per heavy atom. The zero-order chi connectivity index (χ0) is 20.9. The van der Waals surface area contributed by atoms with Gasteiger partial charge >= 0.3 is 0 Å². The van der Waals surface area contributed by atoms with Crippen molar-refractivity contribution in [3.05, 3.63) is 59.7 Å². The van der Waals surface area contributed by atoms with Gasteiger partial charge in [-0.25, -0.2) is 0 Å². The van der Waals surface area contributed by atoms with Gasteiger partial charge in [0, 0.05) is 50.0 Å². The van der Waals surface area contributed by atoms with Crippen LogP contribution in [0, 0.1) is 5.92 Å². The largest absolute Gasteiger partial charge is 0.368 e. The van der Waals surface area contributed by atoms with Crippen LogP contribution in [0.15, 0.2) is 48.5 Å². The molecule has 2 aromatic carbocycles.